The number of rotatable bonds is 11. The van der Waals surface area contributed by atoms with E-state index in [1.165, 1.54) is 10.4 Å². The van der Waals surface area contributed by atoms with Gasteiger partial charge in [-0.1, -0.05) is 81.3 Å². The Kier molecular flexibility index (Phi) is 9.55. The Morgan fingerprint density at radius 2 is 1.27 bits per heavy atom. The van der Waals surface area contributed by atoms with Gasteiger partial charge in [-0.15, -0.1) is 0 Å². The van der Waals surface area contributed by atoms with Gasteiger partial charge in [0.15, 0.2) is 0 Å². The highest BCUT2D eigenvalue weighted by molar-refractivity contribution is 7.02. The Labute approximate surface area is 200 Å². The number of hydrogen-bond donors (Lipinski definition) is 3. The Hall–Kier alpha value is -1.86. The number of aliphatic hydroxyl groups excluding tert-OH is 3. The van der Waals surface area contributed by atoms with E-state index in [4.69, 9.17) is 14.6 Å². The van der Waals surface area contributed by atoms with E-state index in [2.05, 4.69) is 45.0 Å². The van der Waals surface area contributed by atoms with E-state index >= 15 is 0 Å². The van der Waals surface area contributed by atoms with E-state index in [9.17, 15) is 10.2 Å². The molecule has 0 fully saturated rings. The summed E-state index contributed by atoms with van der Waals surface area (Å²) in [6, 6.07) is 15.0. The second-order valence-corrected chi connectivity index (χ2v) is 14.8. The van der Waals surface area contributed by atoms with Crippen LogP contribution in [-0.4, -0.2) is 55.4 Å². The number of hydrogen-bond acceptors (Lipinski definition) is 5. The molecule has 2 atom stereocenters. The van der Waals surface area contributed by atoms with Gasteiger partial charge in [-0.25, -0.2) is 0 Å². The molecule has 33 heavy (non-hydrogen) atoms. The molecule has 0 aromatic heterocycles. The molecule has 1 unspecified atom stereocenters. The molecule has 0 spiro atoms. The number of aryl methyl sites for hydroxylation is 2. The van der Waals surface area contributed by atoms with Crippen molar-refractivity contribution in [1.29, 1.82) is 0 Å². The van der Waals surface area contributed by atoms with Gasteiger partial charge < -0.3 is 24.8 Å². The molecule has 2 aromatic carbocycles. The maximum Gasteiger partial charge on any atom is 0.122 e. The molecular formula is C27H42O5Si. The van der Waals surface area contributed by atoms with E-state index in [1.54, 1.807) is 0 Å². The standard InChI is InChI=1S/C27H42O5Si/c1-8-33(9-2,22-10-12-24(19(3)14-22)31-17-21(29)16-28)23-11-13-25(20(4)15-23)32-18-26(30)27(5,6)7/h10-15,21,26,28-30H,8-9,16-18H2,1-7H3/t21-,26?/m1/s1. The lowest BCUT2D eigenvalue weighted by molar-refractivity contribution is 0.0216. The van der Waals surface area contributed by atoms with E-state index in [0.29, 0.717) is 0 Å². The highest BCUT2D eigenvalue weighted by atomic mass is 28.3. The minimum absolute atomic E-state index is 0.0748. The normalized spacial score (nSPS) is 14.1. The predicted molar refractivity (Wildman–Crippen MR) is 138 cm³/mol. The van der Waals surface area contributed by atoms with Crippen LogP contribution >= 0.6 is 0 Å². The van der Waals surface area contributed by atoms with Crippen molar-refractivity contribution in [3.8, 4) is 11.5 Å². The summed E-state index contributed by atoms with van der Waals surface area (Å²) in [4.78, 5) is 0. The second kappa shape index (κ2) is 11.5. The fraction of sp³-hybridized carbons (Fsp3) is 0.556. The highest BCUT2D eigenvalue weighted by Gasteiger charge is 2.34. The van der Waals surface area contributed by atoms with Crippen LogP contribution in [0, 0.1) is 19.3 Å². The van der Waals surface area contributed by atoms with E-state index < -0.39 is 20.3 Å². The van der Waals surface area contributed by atoms with Crippen LogP contribution in [0.1, 0.15) is 45.7 Å². The molecule has 5 nitrogen and oxygen atoms in total. The lowest BCUT2D eigenvalue weighted by Crippen LogP contribution is -2.57. The maximum atomic E-state index is 10.3. The molecule has 6 heteroatoms. The smallest absolute Gasteiger partial charge is 0.122 e. The molecule has 2 rings (SSSR count). The van der Waals surface area contributed by atoms with Crippen molar-refractivity contribution in [1.82, 2.24) is 0 Å². The Bertz CT molecular complexity index is 902. The largest absolute Gasteiger partial charge is 0.491 e. The third-order valence-corrected chi connectivity index (χ3v) is 11.9. The summed E-state index contributed by atoms with van der Waals surface area (Å²) < 4.78 is 11.7. The monoisotopic (exact) mass is 474 g/mol. The summed E-state index contributed by atoms with van der Waals surface area (Å²) in [6.45, 7) is 14.7. The van der Waals surface area contributed by atoms with Crippen molar-refractivity contribution in [2.75, 3.05) is 19.8 Å². The van der Waals surface area contributed by atoms with Crippen molar-refractivity contribution in [2.24, 2.45) is 5.41 Å². The molecule has 0 aliphatic heterocycles. The van der Waals surface area contributed by atoms with Crippen LogP contribution in [0.2, 0.25) is 12.1 Å². The van der Waals surface area contributed by atoms with Crippen LogP contribution in [0.3, 0.4) is 0 Å². The van der Waals surface area contributed by atoms with E-state index in [1.807, 2.05) is 39.8 Å². The van der Waals surface area contributed by atoms with Crippen molar-refractivity contribution in [3.63, 3.8) is 0 Å². The van der Waals surface area contributed by atoms with Gasteiger partial charge in [0.2, 0.25) is 0 Å². The van der Waals surface area contributed by atoms with Gasteiger partial charge in [0.25, 0.3) is 0 Å². The Balaban J connectivity index is 2.31. The summed E-state index contributed by atoms with van der Waals surface area (Å²) in [5, 5.41) is 31.7. The fourth-order valence-electron chi connectivity index (χ4n) is 4.11. The van der Waals surface area contributed by atoms with Gasteiger partial charge in [-0.05, 0) is 42.5 Å². The molecule has 0 aliphatic rings. The van der Waals surface area contributed by atoms with Gasteiger partial charge in [0.05, 0.1) is 12.7 Å². The molecule has 0 amide bonds. The third kappa shape index (κ3) is 6.60. The molecule has 0 radical (unpaired) electrons. The molecule has 184 valence electrons. The first-order valence-corrected chi connectivity index (χ1v) is 14.3. The van der Waals surface area contributed by atoms with Crippen molar-refractivity contribution in [2.45, 2.75) is 72.8 Å². The van der Waals surface area contributed by atoms with Crippen LogP contribution < -0.4 is 19.8 Å². The average Bonchev–Trinajstić information content (AvgIpc) is 2.78. The van der Waals surface area contributed by atoms with E-state index in [-0.39, 0.29) is 25.2 Å². The predicted octanol–water partition coefficient (Wildman–Crippen LogP) is 3.42. The summed E-state index contributed by atoms with van der Waals surface area (Å²) in [7, 11) is -1.98. The lowest BCUT2D eigenvalue weighted by atomic mass is 9.90. The molecule has 0 bridgehead atoms. The first kappa shape index (κ1) is 27.4. The average molecular weight is 475 g/mol. The molecule has 2 aromatic rings. The second-order valence-electron chi connectivity index (χ2n) is 10.1. The quantitative estimate of drug-likeness (QED) is 0.435. The SMILES string of the molecule is CC[Si](CC)(c1ccc(OCC(O)C(C)(C)C)c(C)c1)c1ccc(OC[C@H](O)CO)c(C)c1. The first-order chi connectivity index (χ1) is 15.5. The van der Waals surface area contributed by atoms with Crippen LogP contribution in [0.25, 0.3) is 0 Å². The minimum atomic E-state index is -1.98. The molecule has 0 heterocycles. The van der Waals surface area contributed by atoms with Gasteiger partial charge in [0.1, 0.15) is 38.9 Å². The van der Waals surface area contributed by atoms with E-state index in [0.717, 1.165) is 34.7 Å². The first-order valence-electron chi connectivity index (χ1n) is 11.9. The summed E-state index contributed by atoms with van der Waals surface area (Å²) in [5.74, 6) is 1.55. The van der Waals surface area contributed by atoms with Crippen LogP contribution in [0.4, 0.5) is 0 Å². The van der Waals surface area contributed by atoms with Crippen molar-refractivity contribution < 1.29 is 24.8 Å². The number of benzene rings is 2. The van der Waals surface area contributed by atoms with Crippen molar-refractivity contribution >= 4 is 18.4 Å². The third-order valence-electron chi connectivity index (χ3n) is 6.70. The Morgan fingerprint density at radius 1 is 0.818 bits per heavy atom. The molecule has 3 N–H and O–H groups in total. The summed E-state index contributed by atoms with van der Waals surface area (Å²) in [5.41, 5.74) is 1.90. The van der Waals surface area contributed by atoms with Crippen molar-refractivity contribution in [3.05, 3.63) is 47.5 Å². The van der Waals surface area contributed by atoms with Gasteiger partial charge in [0, 0.05) is 0 Å². The van der Waals surface area contributed by atoms with Crippen LogP contribution in [0.5, 0.6) is 11.5 Å². The fourth-order valence-corrected chi connectivity index (χ4v) is 8.37. The highest BCUT2D eigenvalue weighted by Crippen LogP contribution is 2.25. The molecule has 0 saturated heterocycles. The van der Waals surface area contributed by atoms with Crippen LogP contribution in [0.15, 0.2) is 36.4 Å². The minimum Gasteiger partial charge on any atom is -0.491 e. The topological polar surface area (TPSA) is 79.2 Å². The van der Waals surface area contributed by atoms with Gasteiger partial charge in [-0.2, -0.15) is 0 Å². The molecule has 0 aliphatic carbocycles. The zero-order chi connectivity index (χ0) is 24.8. The van der Waals surface area contributed by atoms with Gasteiger partial charge >= 0.3 is 0 Å². The zero-order valence-electron chi connectivity index (χ0n) is 21.3. The summed E-state index contributed by atoms with van der Waals surface area (Å²) in [6.07, 6.45) is -1.41. The number of aliphatic hydroxyl groups is 3. The van der Waals surface area contributed by atoms with Gasteiger partial charge in [-0.3, -0.25) is 0 Å². The maximum absolute atomic E-state index is 10.3. The number of ether oxygens (including phenoxy) is 2. The van der Waals surface area contributed by atoms with Crippen LogP contribution in [-0.2, 0) is 0 Å². The summed E-state index contributed by atoms with van der Waals surface area (Å²) >= 11 is 0. The molecule has 0 saturated carbocycles. The lowest BCUT2D eigenvalue weighted by Gasteiger charge is -2.32. The Morgan fingerprint density at radius 3 is 1.64 bits per heavy atom. The molecular weight excluding hydrogens is 432 g/mol. The zero-order valence-corrected chi connectivity index (χ0v) is 22.3.